The molecule has 0 aliphatic rings. The minimum Gasteiger partial charge on any atom is -0.346 e. The highest BCUT2D eigenvalue weighted by molar-refractivity contribution is 6.31. The lowest BCUT2D eigenvalue weighted by Crippen LogP contribution is -2.24. The number of pyridine rings is 1. The van der Waals surface area contributed by atoms with Crippen molar-refractivity contribution in [3.05, 3.63) is 94.7 Å². The van der Waals surface area contributed by atoms with Gasteiger partial charge in [-0.2, -0.15) is 0 Å². The first kappa shape index (κ1) is 19.7. The van der Waals surface area contributed by atoms with Crippen LogP contribution >= 0.6 is 11.6 Å². The molecule has 0 fully saturated rings. The second kappa shape index (κ2) is 8.42. The molecule has 0 saturated carbocycles. The van der Waals surface area contributed by atoms with E-state index in [1.165, 1.54) is 10.7 Å². The van der Waals surface area contributed by atoms with Crippen LogP contribution in [0.15, 0.2) is 67.0 Å². The average molecular weight is 422 g/mol. The molecule has 4 aromatic rings. The maximum atomic E-state index is 13.7. The van der Waals surface area contributed by atoms with Crippen LogP contribution in [0.25, 0.3) is 16.9 Å². The molecule has 0 aliphatic carbocycles. The first-order chi connectivity index (χ1) is 14.5. The lowest BCUT2D eigenvalue weighted by atomic mass is 10.1. The highest BCUT2D eigenvalue weighted by Gasteiger charge is 2.22. The number of halogens is 2. The molecule has 0 radical (unpaired) electrons. The maximum Gasteiger partial charge on any atom is 0.274 e. The molecule has 6 nitrogen and oxygen atoms in total. The van der Waals surface area contributed by atoms with Gasteiger partial charge in [-0.3, -0.25) is 9.78 Å². The molecule has 30 heavy (non-hydrogen) atoms. The molecule has 1 N–H and O–H groups in total. The largest absolute Gasteiger partial charge is 0.346 e. The van der Waals surface area contributed by atoms with E-state index in [1.54, 1.807) is 49.6 Å². The van der Waals surface area contributed by atoms with Crippen molar-refractivity contribution in [2.75, 3.05) is 0 Å². The minimum atomic E-state index is -0.396. The number of carbonyl (C=O) groups is 1. The van der Waals surface area contributed by atoms with Crippen LogP contribution in [0, 0.1) is 12.7 Å². The van der Waals surface area contributed by atoms with Crippen LogP contribution in [0.4, 0.5) is 4.39 Å². The van der Waals surface area contributed by atoms with Gasteiger partial charge in [-0.15, -0.1) is 5.10 Å². The van der Waals surface area contributed by atoms with E-state index < -0.39 is 5.91 Å². The van der Waals surface area contributed by atoms with Gasteiger partial charge in [-0.05, 0) is 54.4 Å². The van der Waals surface area contributed by atoms with E-state index in [9.17, 15) is 9.18 Å². The van der Waals surface area contributed by atoms with Gasteiger partial charge in [0.1, 0.15) is 11.5 Å². The number of rotatable bonds is 5. The highest BCUT2D eigenvalue weighted by atomic mass is 35.5. The molecule has 0 saturated heterocycles. The van der Waals surface area contributed by atoms with Crippen molar-refractivity contribution >= 4 is 17.5 Å². The van der Waals surface area contributed by atoms with Crippen molar-refractivity contribution in [2.45, 2.75) is 13.5 Å². The summed E-state index contributed by atoms with van der Waals surface area (Å²) in [6.07, 6.45) is 3.24. The molecule has 2 aromatic carbocycles. The number of nitrogens with zero attached hydrogens (tertiary/aromatic N) is 4. The second-order valence-electron chi connectivity index (χ2n) is 6.64. The zero-order chi connectivity index (χ0) is 21.1. The normalized spacial score (nSPS) is 10.8. The van der Waals surface area contributed by atoms with Crippen molar-refractivity contribution in [2.24, 2.45) is 0 Å². The Morgan fingerprint density at radius 2 is 1.90 bits per heavy atom. The topological polar surface area (TPSA) is 72.7 Å². The Balaban J connectivity index is 1.73. The predicted molar refractivity (Wildman–Crippen MR) is 112 cm³/mol. The Bertz CT molecular complexity index is 1210. The van der Waals surface area contributed by atoms with Crippen LogP contribution in [0.2, 0.25) is 5.02 Å². The van der Waals surface area contributed by atoms with Crippen LogP contribution < -0.4 is 5.32 Å². The molecule has 0 spiro atoms. The predicted octanol–water partition coefficient (Wildman–Crippen LogP) is 4.36. The fourth-order valence-electron chi connectivity index (χ4n) is 3.05. The third-order valence-electron chi connectivity index (χ3n) is 4.62. The van der Waals surface area contributed by atoms with Crippen LogP contribution in [-0.2, 0) is 6.54 Å². The Labute approximate surface area is 177 Å². The second-order valence-corrected chi connectivity index (χ2v) is 7.05. The van der Waals surface area contributed by atoms with E-state index >= 15 is 0 Å². The van der Waals surface area contributed by atoms with Gasteiger partial charge in [0.25, 0.3) is 5.91 Å². The van der Waals surface area contributed by atoms with Gasteiger partial charge in [0.2, 0.25) is 0 Å². The molecule has 2 aromatic heterocycles. The van der Waals surface area contributed by atoms with Crippen molar-refractivity contribution < 1.29 is 9.18 Å². The van der Waals surface area contributed by atoms with Crippen LogP contribution in [0.3, 0.4) is 0 Å². The van der Waals surface area contributed by atoms with Gasteiger partial charge in [0.05, 0.1) is 5.69 Å². The van der Waals surface area contributed by atoms with Crippen molar-refractivity contribution in [3.8, 4) is 16.9 Å². The van der Waals surface area contributed by atoms with Crippen molar-refractivity contribution in [1.29, 1.82) is 0 Å². The maximum absolute atomic E-state index is 13.7. The quantitative estimate of drug-likeness (QED) is 0.519. The summed E-state index contributed by atoms with van der Waals surface area (Å²) < 4.78 is 15.3. The minimum absolute atomic E-state index is 0.148. The summed E-state index contributed by atoms with van der Waals surface area (Å²) >= 11 is 6.17. The fourth-order valence-corrected chi connectivity index (χ4v) is 3.25. The molecule has 150 valence electrons. The van der Waals surface area contributed by atoms with E-state index in [0.29, 0.717) is 27.5 Å². The molecular formula is C22H17ClFN5O. The molecule has 0 aliphatic heterocycles. The van der Waals surface area contributed by atoms with Crippen LogP contribution in [-0.4, -0.2) is 25.9 Å². The molecule has 2 heterocycles. The molecule has 0 atom stereocenters. The first-order valence-electron chi connectivity index (χ1n) is 9.19. The molecule has 4 rings (SSSR count). The van der Waals surface area contributed by atoms with Gasteiger partial charge in [0.15, 0.2) is 5.69 Å². The Morgan fingerprint density at radius 3 is 2.63 bits per heavy atom. The summed E-state index contributed by atoms with van der Waals surface area (Å²) in [4.78, 5) is 17.0. The van der Waals surface area contributed by atoms with Gasteiger partial charge < -0.3 is 5.32 Å². The summed E-state index contributed by atoms with van der Waals surface area (Å²) in [6, 6.07) is 15.4. The summed E-state index contributed by atoms with van der Waals surface area (Å²) in [6.45, 7) is 1.91. The summed E-state index contributed by atoms with van der Waals surface area (Å²) in [5.74, 6) is -0.714. The van der Waals surface area contributed by atoms with Gasteiger partial charge in [-0.1, -0.05) is 35.0 Å². The lowest BCUT2D eigenvalue weighted by molar-refractivity contribution is 0.0946. The third kappa shape index (κ3) is 3.92. The first-order valence-corrected chi connectivity index (χ1v) is 9.56. The van der Waals surface area contributed by atoms with E-state index in [2.05, 4.69) is 20.6 Å². The molecule has 1 amide bonds. The number of hydrogen-bond acceptors (Lipinski definition) is 4. The zero-order valence-corrected chi connectivity index (χ0v) is 16.8. The summed E-state index contributed by atoms with van der Waals surface area (Å²) in [5, 5.41) is 11.7. The Hall–Kier alpha value is -3.58. The number of aromatic nitrogens is 4. The smallest absolute Gasteiger partial charge is 0.274 e. The summed E-state index contributed by atoms with van der Waals surface area (Å²) in [5.41, 5.74) is 3.20. The Morgan fingerprint density at radius 1 is 1.13 bits per heavy atom. The van der Waals surface area contributed by atoms with Gasteiger partial charge >= 0.3 is 0 Å². The lowest BCUT2D eigenvalue weighted by Gasteiger charge is -2.10. The molecular weight excluding hydrogens is 405 g/mol. The van der Waals surface area contributed by atoms with E-state index in [-0.39, 0.29) is 18.1 Å². The van der Waals surface area contributed by atoms with Crippen LogP contribution in [0.5, 0.6) is 0 Å². The molecule has 0 unspecified atom stereocenters. The van der Waals surface area contributed by atoms with Crippen molar-refractivity contribution in [3.63, 3.8) is 0 Å². The number of nitrogens with one attached hydrogen (secondary N) is 1. The molecule has 8 heteroatoms. The van der Waals surface area contributed by atoms with E-state index in [4.69, 9.17) is 11.6 Å². The number of aryl methyl sites for hydroxylation is 1. The zero-order valence-electron chi connectivity index (χ0n) is 16.0. The highest BCUT2D eigenvalue weighted by Crippen LogP contribution is 2.26. The van der Waals surface area contributed by atoms with Gasteiger partial charge in [0, 0.05) is 29.5 Å². The summed E-state index contributed by atoms with van der Waals surface area (Å²) in [7, 11) is 0. The number of hydrogen-bond donors (Lipinski definition) is 1. The number of carbonyl (C=O) groups excluding carboxylic acids is 1. The number of amides is 1. The fraction of sp³-hybridized carbons (Fsp3) is 0.0909. The Kier molecular flexibility index (Phi) is 5.54. The monoisotopic (exact) mass is 421 g/mol. The van der Waals surface area contributed by atoms with E-state index in [0.717, 1.165) is 5.56 Å². The number of benzene rings is 2. The van der Waals surface area contributed by atoms with Crippen molar-refractivity contribution in [1.82, 2.24) is 25.3 Å². The van der Waals surface area contributed by atoms with E-state index in [1.807, 2.05) is 18.2 Å². The average Bonchev–Trinajstić information content (AvgIpc) is 3.21. The standard InChI is InChI=1S/C22H17ClFN5O/c1-14-12-17(6-7-19(14)24)29-21(15-8-10-25-11-9-15)20(27-28-29)22(30)26-13-16-4-2-3-5-18(16)23/h2-12H,13H2,1H3,(H,26,30). The van der Waals surface area contributed by atoms with Gasteiger partial charge in [-0.25, -0.2) is 9.07 Å². The molecule has 0 bridgehead atoms. The third-order valence-corrected chi connectivity index (χ3v) is 4.99. The van der Waals surface area contributed by atoms with Crippen LogP contribution in [0.1, 0.15) is 21.6 Å². The SMILES string of the molecule is Cc1cc(-n2nnc(C(=O)NCc3ccccc3Cl)c2-c2ccncc2)ccc1F.